The number of benzene rings is 2. The summed E-state index contributed by atoms with van der Waals surface area (Å²) in [6, 6.07) is 17.8. The molecule has 1 aliphatic rings. The van der Waals surface area contributed by atoms with Crippen LogP contribution in [-0.2, 0) is 10.0 Å². The van der Waals surface area contributed by atoms with Crippen LogP contribution in [0.4, 0.5) is 5.82 Å². The van der Waals surface area contributed by atoms with Gasteiger partial charge in [-0.1, -0.05) is 42.5 Å². The lowest BCUT2D eigenvalue weighted by molar-refractivity contribution is 0.329. The van der Waals surface area contributed by atoms with Crippen LogP contribution in [0.25, 0.3) is 22.3 Å². The van der Waals surface area contributed by atoms with Crippen molar-refractivity contribution < 1.29 is 8.42 Å². The molecule has 0 aliphatic carbocycles. The SMILES string of the molecule is CS(=O)(=O)N1CCCC(Nc2nc(-c3ccccc3)nc3ccccc23)C1. The van der Waals surface area contributed by atoms with E-state index in [1.807, 2.05) is 54.6 Å². The summed E-state index contributed by atoms with van der Waals surface area (Å²) in [5, 5.41) is 4.42. The smallest absolute Gasteiger partial charge is 0.211 e. The maximum atomic E-state index is 11.9. The zero-order valence-electron chi connectivity index (χ0n) is 15.2. The van der Waals surface area contributed by atoms with Gasteiger partial charge in [0, 0.05) is 30.1 Å². The number of aromatic nitrogens is 2. The minimum atomic E-state index is -3.18. The van der Waals surface area contributed by atoms with Gasteiger partial charge < -0.3 is 5.32 Å². The van der Waals surface area contributed by atoms with Crippen LogP contribution in [0.15, 0.2) is 54.6 Å². The molecule has 2 heterocycles. The van der Waals surface area contributed by atoms with Gasteiger partial charge in [0.2, 0.25) is 10.0 Å². The quantitative estimate of drug-likeness (QED) is 0.750. The molecule has 1 atom stereocenters. The number of nitrogens with one attached hydrogen (secondary N) is 1. The van der Waals surface area contributed by atoms with E-state index in [0.717, 1.165) is 35.1 Å². The molecule has 1 unspecified atom stereocenters. The average molecular weight is 382 g/mol. The highest BCUT2D eigenvalue weighted by Gasteiger charge is 2.26. The Hall–Kier alpha value is -2.51. The molecular formula is C20H22N4O2S. The minimum Gasteiger partial charge on any atom is -0.365 e. The van der Waals surface area contributed by atoms with Gasteiger partial charge >= 0.3 is 0 Å². The number of hydrogen-bond donors (Lipinski definition) is 1. The van der Waals surface area contributed by atoms with Crippen LogP contribution < -0.4 is 5.32 Å². The number of fused-ring (bicyclic) bond motifs is 1. The number of sulfonamides is 1. The molecule has 3 aromatic rings. The molecule has 0 bridgehead atoms. The Morgan fingerprint density at radius 3 is 2.56 bits per heavy atom. The third-order valence-corrected chi connectivity index (χ3v) is 6.10. The number of para-hydroxylation sites is 1. The van der Waals surface area contributed by atoms with E-state index in [0.29, 0.717) is 18.9 Å². The van der Waals surface area contributed by atoms with E-state index in [2.05, 4.69) is 5.32 Å². The van der Waals surface area contributed by atoms with Crippen LogP contribution in [-0.4, -0.2) is 48.1 Å². The van der Waals surface area contributed by atoms with E-state index < -0.39 is 10.0 Å². The van der Waals surface area contributed by atoms with Crippen molar-refractivity contribution in [3.8, 4) is 11.4 Å². The first-order valence-electron chi connectivity index (χ1n) is 9.04. The highest BCUT2D eigenvalue weighted by atomic mass is 32.2. The van der Waals surface area contributed by atoms with Crippen molar-refractivity contribution in [2.45, 2.75) is 18.9 Å². The predicted molar refractivity (Wildman–Crippen MR) is 108 cm³/mol. The Bertz CT molecular complexity index is 1050. The summed E-state index contributed by atoms with van der Waals surface area (Å²) >= 11 is 0. The second-order valence-electron chi connectivity index (χ2n) is 6.88. The van der Waals surface area contributed by atoms with E-state index in [4.69, 9.17) is 9.97 Å². The van der Waals surface area contributed by atoms with Gasteiger partial charge in [0.15, 0.2) is 5.82 Å². The Kier molecular flexibility index (Phi) is 4.80. The molecule has 1 aliphatic heterocycles. The number of anilines is 1. The molecule has 6 nitrogen and oxygen atoms in total. The fraction of sp³-hybridized carbons (Fsp3) is 0.300. The van der Waals surface area contributed by atoms with E-state index >= 15 is 0 Å². The highest BCUT2D eigenvalue weighted by molar-refractivity contribution is 7.88. The van der Waals surface area contributed by atoms with Gasteiger partial charge in [0.1, 0.15) is 5.82 Å². The zero-order valence-corrected chi connectivity index (χ0v) is 16.0. The largest absolute Gasteiger partial charge is 0.365 e. The molecule has 0 radical (unpaired) electrons. The molecule has 4 rings (SSSR count). The molecule has 0 saturated carbocycles. The summed E-state index contributed by atoms with van der Waals surface area (Å²) in [6.45, 7) is 1.04. The van der Waals surface area contributed by atoms with Gasteiger partial charge in [-0.3, -0.25) is 0 Å². The van der Waals surface area contributed by atoms with E-state index in [1.165, 1.54) is 10.6 Å². The van der Waals surface area contributed by atoms with Crippen molar-refractivity contribution in [2.75, 3.05) is 24.7 Å². The topological polar surface area (TPSA) is 75.2 Å². The standard InChI is InChI=1S/C20H22N4O2S/c1-27(25,26)24-13-7-10-16(14-24)21-20-17-11-5-6-12-18(17)22-19(23-20)15-8-3-2-4-9-15/h2-6,8-9,11-12,16H,7,10,13-14H2,1H3,(H,21,22,23). The Labute approximate surface area is 159 Å². The maximum absolute atomic E-state index is 11.9. The summed E-state index contributed by atoms with van der Waals surface area (Å²) in [6.07, 6.45) is 3.01. The molecular weight excluding hydrogens is 360 g/mol. The van der Waals surface area contributed by atoms with Crippen molar-refractivity contribution >= 4 is 26.7 Å². The summed E-state index contributed by atoms with van der Waals surface area (Å²) in [7, 11) is -3.18. The van der Waals surface area contributed by atoms with Crippen molar-refractivity contribution in [1.82, 2.24) is 14.3 Å². The first-order chi connectivity index (χ1) is 13.0. The Balaban J connectivity index is 1.70. The fourth-order valence-corrected chi connectivity index (χ4v) is 4.37. The van der Waals surface area contributed by atoms with E-state index in [-0.39, 0.29) is 6.04 Å². The number of piperidine rings is 1. The molecule has 1 saturated heterocycles. The lowest BCUT2D eigenvalue weighted by Crippen LogP contribution is -2.44. The third kappa shape index (κ3) is 3.94. The Morgan fingerprint density at radius 2 is 1.78 bits per heavy atom. The van der Waals surface area contributed by atoms with Crippen LogP contribution in [0.1, 0.15) is 12.8 Å². The molecule has 0 spiro atoms. The molecule has 1 fully saturated rings. The zero-order chi connectivity index (χ0) is 18.9. The molecule has 0 amide bonds. The van der Waals surface area contributed by atoms with Crippen molar-refractivity contribution in [2.24, 2.45) is 0 Å². The number of rotatable bonds is 4. The Morgan fingerprint density at radius 1 is 1.04 bits per heavy atom. The molecule has 27 heavy (non-hydrogen) atoms. The van der Waals surface area contributed by atoms with Gasteiger partial charge in [0.25, 0.3) is 0 Å². The van der Waals surface area contributed by atoms with E-state index in [9.17, 15) is 8.42 Å². The number of hydrogen-bond acceptors (Lipinski definition) is 5. The maximum Gasteiger partial charge on any atom is 0.211 e. The summed E-state index contributed by atoms with van der Waals surface area (Å²) < 4.78 is 25.4. The van der Waals surface area contributed by atoms with Crippen LogP contribution in [0, 0.1) is 0 Å². The van der Waals surface area contributed by atoms with Crippen LogP contribution in [0.5, 0.6) is 0 Å². The van der Waals surface area contributed by atoms with Crippen molar-refractivity contribution in [1.29, 1.82) is 0 Å². The fourth-order valence-electron chi connectivity index (χ4n) is 3.46. The van der Waals surface area contributed by atoms with Gasteiger partial charge in [0.05, 0.1) is 11.8 Å². The first-order valence-corrected chi connectivity index (χ1v) is 10.9. The van der Waals surface area contributed by atoms with Crippen LogP contribution in [0.2, 0.25) is 0 Å². The molecule has 7 heteroatoms. The minimum absolute atomic E-state index is 0.0235. The highest BCUT2D eigenvalue weighted by Crippen LogP contribution is 2.26. The van der Waals surface area contributed by atoms with Crippen LogP contribution in [0.3, 0.4) is 0 Å². The lowest BCUT2D eigenvalue weighted by atomic mass is 10.1. The lowest BCUT2D eigenvalue weighted by Gasteiger charge is -2.32. The van der Waals surface area contributed by atoms with Gasteiger partial charge in [-0.2, -0.15) is 0 Å². The van der Waals surface area contributed by atoms with E-state index in [1.54, 1.807) is 0 Å². The first kappa shape index (κ1) is 17.9. The molecule has 140 valence electrons. The van der Waals surface area contributed by atoms with Crippen LogP contribution >= 0.6 is 0 Å². The predicted octanol–water partition coefficient (Wildman–Crippen LogP) is 3.13. The summed E-state index contributed by atoms with van der Waals surface area (Å²) in [4.78, 5) is 9.46. The van der Waals surface area contributed by atoms with Crippen molar-refractivity contribution in [3.63, 3.8) is 0 Å². The monoisotopic (exact) mass is 382 g/mol. The number of nitrogens with zero attached hydrogens (tertiary/aromatic N) is 3. The van der Waals surface area contributed by atoms with Gasteiger partial charge in [-0.05, 0) is 25.0 Å². The average Bonchev–Trinajstić information content (AvgIpc) is 2.68. The van der Waals surface area contributed by atoms with Crippen molar-refractivity contribution in [3.05, 3.63) is 54.6 Å². The van der Waals surface area contributed by atoms with Gasteiger partial charge in [-0.15, -0.1) is 0 Å². The third-order valence-electron chi connectivity index (χ3n) is 4.83. The summed E-state index contributed by atoms with van der Waals surface area (Å²) in [5.41, 5.74) is 1.82. The summed E-state index contributed by atoms with van der Waals surface area (Å²) in [5.74, 6) is 1.41. The molecule has 2 aromatic carbocycles. The second kappa shape index (κ2) is 7.25. The second-order valence-corrected chi connectivity index (χ2v) is 8.87. The molecule has 1 aromatic heterocycles. The molecule has 1 N–H and O–H groups in total. The van der Waals surface area contributed by atoms with Gasteiger partial charge in [-0.25, -0.2) is 22.7 Å². The normalized spacial score (nSPS) is 18.5.